The van der Waals surface area contributed by atoms with E-state index in [0.29, 0.717) is 12.1 Å². The van der Waals surface area contributed by atoms with Gasteiger partial charge in [0.15, 0.2) is 0 Å². The van der Waals surface area contributed by atoms with Crippen LogP contribution in [-0.4, -0.2) is 18.5 Å². The third-order valence-electron chi connectivity index (χ3n) is 2.72. The number of anilines is 1. The Hall–Kier alpha value is -1.63. The number of hydrogen-bond donors (Lipinski definition) is 2. The summed E-state index contributed by atoms with van der Waals surface area (Å²) in [4.78, 5) is 11.8. The summed E-state index contributed by atoms with van der Waals surface area (Å²) in [5.74, 6) is -1.90. The van der Waals surface area contributed by atoms with Crippen LogP contribution in [-0.2, 0) is 11.0 Å². The Morgan fingerprint density at radius 2 is 1.79 bits per heavy atom. The lowest BCUT2D eigenvalue weighted by Crippen LogP contribution is -2.47. The van der Waals surface area contributed by atoms with Gasteiger partial charge in [-0.25, -0.2) is 4.39 Å². The molecule has 7 heteroatoms. The number of hydrogen-bond acceptors (Lipinski definition) is 2. The number of halogens is 4. The summed E-state index contributed by atoms with van der Waals surface area (Å²) >= 11 is 0. The van der Waals surface area contributed by atoms with E-state index >= 15 is 0 Å². The molecule has 0 radical (unpaired) electrons. The van der Waals surface area contributed by atoms with Gasteiger partial charge in [0.05, 0.1) is 11.1 Å². The number of amides is 1. The van der Waals surface area contributed by atoms with Crippen molar-refractivity contribution in [2.45, 2.75) is 25.6 Å². The fourth-order valence-electron chi connectivity index (χ4n) is 1.22. The Kier molecular flexibility index (Phi) is 4.19. The van der Waals surface area contributed by atoms with Crippen molar-refractivity contribution in [3.63, 3.8) is 0 Å². The van der Waals surface area contributed by atoms with Gasteiger partial charge in [-0.3, -0.25) is 4.79 Å². The Morgan fingerprint density at radius 1 is 1.21 bits per heavy atom. The van der Waals surface area contributed by atoms with Crippen LogP contribution in [0.3, 0.4) is 0 Å². The zero-order valence-corrected chi connectivity index (χ0v) is 10.7. The maximum absolute atomic E-state index is 13.1. The fourth-order valence-corrected chi connectivity index (χ4v) is 1.22. The fraction of sp³-hybridized carbons (Fsp3) is 0.417. The van der Waals surface area contributed by atoms with E-state index < -0.39 is 29.0 Å². The molecule has 0 saturated heterocycles. The maximum atomic E-state index is 13.1. The van der Waals surface area contributed by atoms with Gasteiger partial charge in [0, 0.05) is 5.69 Å². The molecule has 1 amide bonds. The van der Waals surface area contributed by atoms with Crippen LogP contribution in [0.25, 0.3) is 0 Å². The van der Waals surface area contributed by atoms with Gasteiger partial charge in [-0.2, -0.15) is 13.2 Å². The van der Waals surface area contributed by atoms with Gasteiger partial charge in [-0.05, 0) is 39.1 Å². The van der Waals surface area contributed by atoms with Gasteiger partial charge in [0.1, 0.15) is 5.82 Å². The Balaban J connectivity index is 3.02. The molecule has 0 unspecified atom stereocenters. The highest BCUT2D eigenvalue weighted by molar-refractivity contribution is 5.97. The summed E-state index contributed by atoms with van der Waals surface area (Å²) in [5.41, 5.74) is -2.47. The molecule has 0 bridgehead atoms. The minimum absolute atomic E-state index is 0.109. The third-order valence-corrected chi connectivity index (χ3v) is 2.72. The number of likely N-dealkylation sites (N-methyl/N-ethyl adjacent to an activating group) is 1. The van der Waals surface area contributed by atoms with E-state index in [2.05, 4.69) is 10.6 Å². The lowest BCUT2D eigenvalue weighted by atomic mass is 10.0. The quantitative estimate of drug-likeness (QED) is 0.835. The predicted octanol–water partition coefficient (Wildman–Crippen LogP) is 2.78. The van der Waals surface area contributed by atoms with Crippen LogP contribution in [0.2, 0.25) is 0 Å². The maximum Gasteiger partial charge on any atom is 0.419 e. The summed E-state index contributed by atoms with van der Waals surface area (Å²) in [6.45, 7) is 3.13. The SMILES string of the molecule is CNC(C)(C)C(=O)Nc1ccc(F)c(C(F)(F)F)c1. The second kappa shape index (κ2) is 5.16. The number of nitrogens with one attached hydrogen (secondary N) is 2. The lowest BCUT2D eigenvalue weighted by molar-refractivity contribution is -0.140. The molecule has 0 atom stereocenters. The first-order valence-corrected chi connectivity index (χ1v) is 5.45. The largest absolute Gasteiger partial charge is 0.419 e. The summed E-state index contributed by atoms with van der Waals surface area (Å²) in [6, 6.07) is 2.32. The molecule has 2 N–H and O–H groups in total. The zero-order chi connectivity index (χ0) is 14.8. The smallest absolute Gasteiger partial charge is 0.324 e. The van der Waals surface area contributed by atoms with E-state index in [9.17, 15) is 22.4 Å². The molecule has 106 valence electrons. The number of carbonyl (C=O) groups excluding carboxylic acids is 1. The van der Waals surface area contributed by atoms with Crippen LogP contribution < -0.4 is 10.6 Å². The second-order valence-corrected chi connectivity index (χ2v) is 4.52. The molecule has 0 heterocycles. The van der Waals surface area contributed by atoms with Crippen molar-refractivity contribution in [2.75, 3.05) is 12.4 Å². The molecule has 1 aromatic carbocycles. The molecule has 0 aliphatic rings. The van der Waals surface area contributed by atoms with Crippen molar-refractivity contribution in [3.05, 3.63) is 29.6 Å². The first-order valence-electron chi connectivity index (χ1n) is 5.45. The van der Waals surface area contributed by atoms with E-state index in [1.54, 1.807) is 20.9 Å². The Labute approximate surface area is 108 Å². The van der Waals surface area contributed by atoms with Crippen molar-refractivity contribution in [3.8, 4) is 0 Å². The van der Waals surface area contributed by atoms with Crippen molar-refractivity contribution >= 4 is 11.6 Å². The highest BCUT2D eigenvalue weighted by atomic mass is 19.4. The van der Waals surface area contributed by atoms with Gasteiger partial charge in [0.2, 0.25) is 5.91 Å². The highest BCUT2D eigenvalue weighted by Crippen LogP contribution is 2.33. The number of carbonyl (C=O) groups is 1. The average molecular weight is 278 g/mol. The van der Waals surface area contributed by atoms with E-state index in [1.807, 2.05) is 0 Å². The van der Waals surface area contributed by atoms with Gasteiger partial charge >= 0.3 is 6.18 Å². The monoisotopic (exact) mass is 278 g/mol. The van der Waals surface area contributed by atoms with Crippen molar-refractivity contribution in [1.29, 1.82) is 0 Å². The van der Waals surface area contributed by atoms with Crippen LogP contribution in [0.5, 0.6) is 0 Å². The van der Waals surface area contributed by atoms with Crippen LogP contribution in [0.15, 0.2) is 18.2 Å². The van der Waals surface area contributed by atoms with Crippen molar-refractivity contribution in [1.82, 2.24) is 5.32 Å². The molecule has 19 heavy (non-hydrogen) atoms. The molecule has 1 aromatic rings. The Morgan fingerprint density at radius 3 is 2.26 bits per heavy atom. The molecule has 0 saturated carbocycles. The molecule has 0 aliphatic carbocycles. The van der Waals surface area contributed by atoms with E-state index in [-0.39, 0.29) is 5.69 Å². The van der Waals surface area contributed by atoms with E-state index in [0.717, 1.165) is 6.07 Å². The van der Waals surface area contributed by atoms with Crippen LogP contribution in [0.1, 0.15) is 19.4 Å². The van der Waals surface area contributed by atoms with Gasteiger partial charge in [-0.1, -0.05) is 0 Å². The summed E-state index contributed by atoms with van der Waals surface area (Å²) in [7, 11) is 1.55. The van der Waals surface area contributed by atoms with Crippen LogP contribution >= 0.6 is 0 Å². The van der Waals surface area contributed by atoms with E-state index in [4.69, 9.17) is 0 Å². The Bertz CT molecular complexity index is 483. The van der Waals surface area contributed by atoms with Gasteiger partial charge in [0.25, 0.3) is 0 Å². The standard InChI is InChI=1S/C12H14F4N2O/c1-11(2,17-3)10(19)18-7-4-5-9(13)8(6-7)12(14,15)16/h4-6,17H,1-3H3,(H,18,19). The molecule has 0 fully saturated rings. The van der Waals surface area contributed by atoms with Crippen LogP contribution in [0, 0.1) is 5.82 Å². The van der Waals surface area contributed by atoms with Crippen molar-refractivity contribution in [2.24, 2.45) is 0 Å². The first-order chi connectivity index (χ1) is 8.58. The van der Waals surface area contributed by atoms with Crippen molar-refractivity contribution < 1.29 is 22.4 Å². The average Bonchev–Trinajstić information content (AvgIpc) is 2.30. The highest BCUT2D eigenvalue weighted by Gasteiger charge is 2.34. The number of alkyl halides is 3. The van der Waals surface area contributed by atoms with Crippen LogP contribution in [0.4, 0.5) is 23.2 Å². The number of rotatable bonds is 3. The lowest BCUT2D eigenvalue weighted by Gasteiger charge is -2.23. The molecule has 3 nitrogen and oxygen atoms in total. The molecular formula is C12H14F4N2O. The minimum atomic E-state index is -4.80. The predicted molar refractivity (Wildman–Crippen MR) is 63.2 cm³/mol. The number of benzene rings is 1. The summed E-state index contributed by atoms with van der Waals surface area (Å²) < 4.78 is 50.6. The summed E-state index contributed by atoms with van der Waals surface area (Å²) in [5, 5.41) is 5.01. The molecule has 0 spiro atoms. The molecule has 0 aliphatic heterocycles. The van der Waals surface area contributed by atoms with Gasteiger partial charge in [-0.15, -0.1) is 0 Å². The second-order valence-electron chi connectivity index (χ2n) is 4.52. The third kappa shape index (κ3) is 3.66. The molecule has 1 rings (SSSR count). The zero-order valence-electron chi connectivity index (χ0n) is 10.7. The van der Waals surface area contributed by atoms with Gasteiger partial charge < -0.3 is 10.6 Å². The molecular weight excluding hydrogens is 264 g/mol. The summed E-state index contributed by atoms with van der Waals surface area (Å²) in [6.07, 6.45) is -4.80. The first kappa shape index (κ1) is 15.4. The van der Waals surface area contributed by atoms with E-state index in [1.165, 1.54) is 0 Å². The minimum Gasteiger partial charge on any atom is -0.324 e. The molecule has 0 aromatic heterocycles. The topological polar surface area (TPSA) is 41.1 Å². The normalized spacial score (nSPS) is 12.4.